The van der Waals surface area contributed by atoms with Crippen LogP contribution in [0.25, 0.3) is 11.3 Å². The maximum absolute atomic E-state index is 6.29. The number of benzene rings is 1. The minimum absolute atomic E-state index is 0.509. The Morgan fingerprint density at radius 1 is 1.30 bits per heavy atom. The molecule has 20 heavy (non-hydrogen) atoms. The Balaban J connectivity index is 1.87. The topological polar surface area (TPSA) is 29.9 Å². The molecular weight excluding hydrogens is 293 g/mol. The Morgan fingerprint density at radius 3 is 3.00 bits per heavy atom. The fraction of sp³-hybridized carbons (Fsp3) is 0.400. The van der Waals surface area contributed by atoms with Crippen molar-refractivity contribution in [2.24, 2.45) is 0 Å². The molecule has 3 nitrogen and oxygen atoms in total. The minimum Gasteiger partial charge on any atom is -0.329 e. The lowest BCUT2D eigenvalue weighted by Crippen LogP contribution is -2.37. The maximum Gasteiger partial charge on any atom is 0.0951 e. The molecular formula is C15H17Cl2N3. The number of imidazole rings is 1. The van der Waals surface area contributed by atoms with Gasteiger partial charge in [0.25, 0.3) is 0 Å². The number of halogens is 2. The highest BCUT2D eigenvalue weighted by Crippen LogP contribution is 2.30. The summed E-state index contributed by atoms with van der Waals surface area (Å²) in [6.45, 7) is 2.02. The van der Waals surface area contributed by atoms with Crippen molar-refractivity contribution < 1.29 is 0 Å². The van der Waals surface area contributed by atoms with Crippen molar-refractivity contribution >= 4 is 23.2 Å². The largest absolute Gasteiger partial charge is 0.329 e. The molecule has 0 amide bonds. The van der Waals surface area contributed by atoms with Crippen LogP contribution in [0.1, 0.15) is 19.3 Å². The molecule has 2 heterocycles. The van der Waals surface area contributed by atoms with E-state index in [2.05, 4.69) is 14.9 Å². The summed E-state index contributed by atoms with van der Waals surface area (Å²) in [4.78, 5) is 4.27. The van der Waals surface area contributed by atoms with Gasteiger partial charge in [-0.25, -0.2) is 4.98 Å². The zero-order valence-corrected chi connectivity index (χ0v) is 12.7. The Bertz CT molecular complexity index is 589. The van der Waals surface area contributed by atoms with E-state index < -0.39 is 0 Å². The molecule has 106 valence electrons. The lowest BCUT2D eigenvalue weighted by Gasteiger charge is -2.24. The van der Waals surface area contributed by atoms with Crippen LogP contribution in [0.2, 0.25) is 10.0 Å². The standard InChI is InChI=1S/C15H17Cl2N3/c16-11-4-5-14(17)13(7-11)15-8-18-10-20(15)9-12-3-1-2-6-19-12/h4-5,7-8,10,12,19H,1-3,6,9H2. The van der Waals surface area contributed by atoms with Gasteiger partial charge < -0.3 is 9.88 Å². The number of hydrogen-bond acceptors (Lipinski definition) is 2. The van der Waals surface area contributed by atoms with E-state index in [4.69, 9.17) is 23.2 Å². The van der Waals surface area contributed by atoms with Gasteiger partial charge in [0, 0.05) is 23.2 Å². The molecule has 1 unspecified atom stereocenters. The Labute approximate surface area is 128 Å². The van der Waals surface area contributed by atoms with Crippen molar-refractivity contribution in [1.82, 2.24) is 14.9 Å². The first kappa shape index (κ1) is 13.9. The SMILES string of the molecule is Clc1ccc(Cl)c(-c2cncn2CC2CCCCN2)c1. The molecule has 1 saturated heterocycles. The number of rotatable bonds is 3. The Hall–Kier alpha value is -1.03. The summed E-state index contributed by atoms with van der Waals surface area (Å²) >= 11 is 12.4. The molecule has 1 atom stereocenters. The summed E-state index contributed by atoms with van der Waals surface area (Å²) < 4.78 is 2.15. The number of nitrogens with one attached hydrogen (secondary N) is 1. The van der Waals surface area contributed by atoms with Crippen LogP contribution in [-0.4, -0.2) is 22.1 Å². The third kappa shape index (κ3) is 3.00. The van der Waals surface area contributed by atoms with Gasteiger partial charge in [-0.2, -0.15) is 0 Å². The second-order valence-corrected chi connectivity index (χ2v) is 6.05. The van der Waals surface area contributed by atoms with Gasteiger partial charge in [0.1, 0.15) is 0 Å². The Kier molecular flexibility index (Phi) is 4.29. The quantitative estimate of drug-likeness (QED) is 0.928. The van der Waals surface area contributed by atoms with E-state index in [1.807, 2.05) is 24.7 Å². The van der Waals surface area contributed by atoms with Crippen LogP contribution in [-0.2, 0) is 6.54 Å². The zero-order chi connectivity index (χ0) is 13.9. The van der Waals surface area contributed by atoms with Crippen molar-refractivity contribution in [3.8, 4) is 11.3 Å². The van der Waals surface area contributed by atoms with Crippen molar-refractivity contribution in [2.75, 3.05) is 6.54 Å². The van der Waals surface area contributed by atoms with Crippen molar-refractivity contribution in [1.29, 1.82) is 0 Å². The number of hydrogen-bond donors (Lipinski definition) is 1. The smallest absolute Gasteiger partial charge is 0.0951 e. The first-order chi connectivity index (χ1) is 9.74. The van der Waals surface area contributed by atoms with Crippen molar-refractivity contribution in [3.05, 3.63) is 40.8 Å². The summed E-state index contributed by atoms with van der Waals surface area (Å²) in [5.74, 6) is 0. The lowest BCUT2D eigenvalue weighted by molar-refractivity contribution is 0.364. The van der Waals surface area contributed by atoms with E-state index in [9.17, 15) is 0 Å². The van der Waals surface area contributed by atoms with Crippen molar-refractivity contribution in [3.63, 3.8) is 0 Å². The summed E-state index contributed by atoms with van der Waals surface area (Å²) in [5.41, 5.74) is 1.96. The van der Waals surface area contributed by atoms with Crippen LogP contribution >= 0.6 is 23.2 Å². The van der Waals surface area contributed by atoms with Crippen LogP contribution in [0.4, 0.5) is 0 Å². The second kappa shape index (κ2) is 6.17. The molecule has 1 aliphatic heterocycles. The van der Waals surface area contributed by atoms with Crippen LogP contribution < -0.4 is 5.32 Å². The molecule has 3 rings (SSSR count). The fourth-order valence-electron chi connectivity index (χ4n) is 2.70. The first-order valence-electron chi connectivity index (χ1n) is 6.93. The molecule has 1 aromatic carbocycles. The van der Waals surface area contributed by atoms with E-state index in [1.165, 1.54) is 19.3 Å². The van der Waals surface area contributed by atoms with E-state index in [0.29, 0.717) is 16.1 Å². The molecule has 1 fully saturated rings. The third-order valence-electron chi connectivity index (χ3n) is 3.75. The fourth-order valence-corrected chi connectivity index (χ4v) is 3.09. The van der Waals surface area contributed by atoms with Gasteiger partial charge in [-0.05, 0) is 37.6 Å². The molecule has 1 N–H and O–H groups in total. The number of aromatic nitrogens is 2. The van der Waals surface area contributed by atoms with Gasteiger partial charge in [0.2, 0.25) is 0 Å². The molecule has 0 spiro atoms. The molecule has 0 saturated carbocycles. The first-order valence-corrected chi connectivity index (χ1v) is 7.68. The van der Waals surface area contributed by atoms with E-state index >= 15 is 0 Å². The number of piperidine rings is 1. The molecule has 1 aromatic heterocycles. The van der Waals surface area contributed by atoms with Crippen LogP contribution in [0.5, 0.6) is 0 Å². The van der Waals surface area contributed by atoms with Gasteiger partial charge in [0.05, 0.1) is 23.2 Å². The second-order valence-electron chi connectivity index (χ2n) is 5.20. The molecule has 0 bridgehead atoms. The van der Waals surface area contributed by atoms with Crippen LogP contribution in [0.15, 0.2) is 30.7 Å². The number of nitrogens with zero attached hydrogens (tertiary/aromatic N) is 2. The van der Waals surface area contributed by atoms with Crippen LogP contribution in [0, 0.1) is 0 Å². The average molecular weight is 310 g/mol. The maximum atomic E-state index is 6.29. The predicted molar refractivity (Wildman–Crippen MR) is 83.3 cm³/mol. The summed E-state index contributed by atoms with van der Waals surface area (Å²) in [5, 5.41) is 4.94. The summed E-state index contributed by atoms with van der Waals surface area (Å²) in [6, 6.07) is 6.03. The van der Waals surface area contributed by atoms with E-state index in [1.54, 1.807) is 6.07 Å². The van der Waals surface area contributed by atoms with Gasteiger partial charge in [-0.15, -0.1) is 0 Å². The average Bonchev–Trinajstić information content (AvgIpc) is 2.91. The van der Waals surface area contributed by atoms with Crippen LogP contribution in [0.3, 0.4) is 0 Å². The van der Waals surface area contributed by atoms with E-state index in [-0.39, 0.29) is 0 Å². The summed E-state index contributed by atoms with van der Waals surface area (Å²) in [7, 11) is 0. The van der Waals surface area contributed by atoms with Gasteiger partial charge in [-0.3, -0.25) is 0 Å². The molecule has 5 heteroatoms. The molecule has 0 aliphatic carbocycles. The Morgan fingerprint density at radius 2 is 2.20 bits per heavy atom. The normalized spacial score (nSPS) is 19.2. The summed E-state index contributed by atoms with van der Waals surface area (Å²) in [6.07, 6.45) is 7.48. The van der Waals surface area contributed by atoms with Gasteiger partial charge in [-0.1, -0.05) is 29.6 Å². The lowest BCUT2D eigenvalue weighted by atomic mass is 10.0. The zero-order valence-electron chi connectivity index (χ0n) is 11.1. The highest BCUT2D eigenvalue weighted by atomic mass is 35.5. The monoisotopic (exact) mass is 309 g/mol. The molecule has 0 radical (unpaired) electrons. The highest BCUT2D eigenvalue weighted by Gasteiger charge is 2.16. The predicted octanol–water partition coefficient (Wildman–Crippen LogP) is 4.00. The third-order valence-corrected chi connectivity index (χ3v) is 4.31. The van der Waals surface area contributed by atoms with Gasteiger partial charge >= 0.3 is 0 Å². The minimum atomic E-state index is 0.509. The van der Waals surface area contributed by atoms with E-state index in [0.717, 1.165) is 24.3 Å². The molecule has 1 aliphatic rings. The molecule has 2 aromatic rings. The highest BCUT2D eigenvalue weighted by molar-refractivity contribution is 6.35. The van der Waals surface area contributed by atoms with Crippen molar-refractivity contribution in [2.45, 2.75) is 31.8 Å². The van der Waals surface area contributed by atoms with Gasteiger partial charge in [0.15, 0.2) is 0 Å².